The van der Waals surface area contributed by atoms with E-state index in [1.54, 1.807) is 0 Å². The number of rotatable bonds is 5. The summed E-state index contributed by atoms with van der Waals surface area (Å²) in [5.41, 5.74) is 2.13. The van der Waals surface area contributed by atoms with Crippen molar-refractivity contribution >= 4 is 5.97 Å². The molecule has 0 radical (unpaired) electrons. The number of carbonyl (C=O) groups excluding carboxylic acids is 1. The molecule has 2 heterocycles. The van der Waals surface area contributed by atoms with Crippen molar-refractivity contribution in [2.24, 2.45) is 5.92 Å². The lowest BCUT2D eigenvalue weighted by molar-refractivity contribution is -0.156. The van der Waals surface area contributed by atoms with E-state index in [1.165, 1.54) is 0 Å². The Morgan fingerprint density at radius 2 is 1.88 bits per heavy atom. The van der Waals surface area contributed by atoms with E-state index >= 15 is 0 Å². The van der Waals surface area contributed by atoms with Crippen molar-refractivity contribution in [3.05, 3.63) is 65.7 Å². The van der Waals surface area contributed by atoms with Crippen LogP contribution >= 0.6 is 0 Å². The second kappa shape index (κ2) is 7.25. The van der Waals surface area contributed by atoms with Gasteiger partial charge in [0.25, 0.3) is 0 Å². The Bertz CT molecular complexity index is 733. The Morgan fingerprint density at radius 3 is 2.76 bits per heavy atom. The number of hydrogen-bond donors (Lipinski definition) is 0. The minimum Gasteiger partial charge on any atom is -0.493 e. The van der Waals surface area contributed by atoms with Gasteiger partial charge in [-0.05, 0) is 11.6 Å². The average molecular weight is 339 g/mol. The third kappa shape index (κ3) is 3.52. The lowest BCUT2D eigenvalue weighted by Crippen LogP contribution is -2.32. The SMILES string of the molecule is O=C(CCN1OC[C@H]2COc3ccccc3[C@H]21)OCc1ccccc1. The largest absolute Gasteiger partial charge is 0.493 e. The second-order valence-corrected chi connectivity index (χ2v) is 6.39. The molecule has 2 aromatic rings. The quantitative estimate of drug-likeness (QED) is 0.784. The molecule has 2 aliphatic rings. The van der Waals surface area contributed by atoms with E-state index in [4.69, 9.17) is 14.3 Å². The highest BCUT2D eigenvalue weighted by atomic mass is 16.7. The van der Waals surface area contributed by atoms with Crippen LogP contribution in [0.25, 0.3) is 0 Å². The van der Waals surface area contributed by atoms with Crippen LogP contribution in [-0.2, 0) is 21.0 Å². The van der Waals surface area contributed by atoms with E-state index in [1.807, 2.05) is 53.6 Å². The number of hydrogen-bond acceptors (Lipinski definition) is 5. The summed E-state index contributed by atoms with van der Waals surface area (Å²) in [5.74, 6) is 0.998. The summed E-state index contributed by atoms with van der Waals surface area (Å²) < 4.78 is 11.1. The maximum Gasteiger partial charge on any atom is 0.307 e. The molecule has 0 bridgehead atoms. The predicted molar refractivity (Wildman–Crippen MR) is 91.7 cm³/mol. The zero-order chi connectivity index (χ0) is 17.1. The highest BCUT2D eigenvalue weighted by Gasteiger charge is 2.41. The summed E-state index contributed by atoms with van der Waals surface area (Å²) in [7, 11) is 0. The fourth-order valence-electron chi connectivity index (χ4n) is 3.41. The van der Waals surface area contributed by atoms with E-state index in [2.05, 4.69) is 6.07 Å². The molecule has 2 aliphatic heterocycles. The van der Waals surface area contributed by atoms with E-state index in [9.17, 15) is 4.79 Å². The van der Waals surface area contributed by atoms with Crippen molar-refractivity contribution in [1.82, 2.24) is 5.06 Å². The topological polar surface area (TPSA) is 48.0 Å². The third-order valence-corrected chi connectivity index (χ3v) is 4.68. The number of ether oxygens (including phenoxy) is 2. The van der Waals surface area contributed by atoms with Crippen LogP contribution in [0.4, 0.5) is 0 Å². The van der Waals surface area contributed by atoms with Crippen molar-refractivity contribution in [2.75, 3.05) is 19.8 Å². The normalized spacial score (nSPS) is 21.9. The zero-order valence-corrected chi connectivity index (χ0v) is 14.0. The summed E-state index contributed by atoms with van der Waals surface area (Å²) in [6.07, 6.45) is 0.305. The summed E-state index contributed by atoms with van der Waals surface area (Å²) in [6, 6.07) is 17.9. The van der Waals surface area contributed by atoms with Crippen LogP contribution in [0.3, 0.4) is 0 Å². The van der Waals surface area contributed by atoms with Gasteiger partial charge in [-0.25, -0.2) is 0 Å². The van der Waals surface area contributed by atoms with Crippen LogP contribution < -0.4 is 4.74 Å². The number of carbonyl (C=O) groups is 1. The fourth-order valence-corrected chi connectivity index (χ4v) is 3.41. The molecular weight excluding hydrogens is 318 g/mol. The Morgan fingerprint density at radius 1 is 1.08 bits per heavy atom. The van der Waals surface area contributed by atoms with E-state index < -0.39 is 0 Å². The van der Waals surface area contributed by atoms with Gasteiger partial charge in [-0.3, -0.25) is 9.63 Å². The number of nitrogens with zero attached hydrogens (tertiary/aromatic N) is 1. The summed E-state index contributed by atoms with van der Waals surface area (Å²) in [4.78, 5) is 17.9. The Labute approximate surface area is 147 Å². The molecule has 130 valence electrons. The summed E-state index contributed by atoms with van der Waals surface area (Å²) >= 11 is 0. The fraction of sp³-hybridized carbons (Fsp3) is 0.350. The van der Waals surface area contributed by atoms with Gasteiger partial charge in [-0.2, -0.15) is 5.06 Å². The van der Waals surface area contributed by atoms with Gasteiger partial charge in [0, 0.05) is 18.0 Å². The number of benzene rings is 2. The molecule has 1 saturated heterocycles. The lowest BCUT2D eigenvalue weighted by atomic mass is 9.92. The number of fused-ring (bicyclic) bond motifs is 3. The molecule has 2 aromatic carbocycles. The first-order chi connectivity index (χ1) is 12.3. The minimum atomic E-state index is -0.212. The van der Waals surface area contributed by atoms with Crippen molar-refractivity contribution < 1.29 is 19.1 Å². The molecule has 0 saturated carbocycles. The van der Waals surface area contributed by atoms with Gasteiger partial charge in [-0.1, -0.05) is 48.5 Å². The standard InChI is InChI=1S/C20H21NO4/c22-19(24-12-15-6-2-1-3-7-15)10-11-21-20-16(14-25-21)13-23-18-9-5-4-8-17(18)20/h1-9,16,20H,10-14H2/t16-,20+/m1/s1. The van der Waals surface area contributed by atoms with Gasteiger partial charge in [0.05, 0.1) is 25.7 Å². The minimum absolute atomic E-state index is 0.145. The maximum absolute atomic E-state index is 12.0. The number of hydroxylamine groups is 2. The van der Waals surface area contributed by atoms with Gasteiger partial charge < -0.3 is 9.47 Å². The molecule has 4 rings (SSSR count). The smallest absolute Gasteiger partial charge is 0.307 e. The summed E-state index contributed by atoms with van der Waals surface area (Å²) in [6.45, 7) is 2.10. The maximum atomic E-state index is 12.0. The third-order valence-electron chi connectivity index (χ3n) is 4.68. The monoisotopic (exact) mass is 339 g/mol. The highest BCUT2D eigenvalue weighted by Crippen LogP contribution is 2.43. The first-order valence-corrected chi connectivity index (χ1v) is 8.62. The van der Waals surface area contributed by atoms with Crippen molar-refractivity contribution in [3.63, 3.8) is 0 Å². The summed E-state index contributed by atoms with van der Waals surface area (Å²) in [5, 5.41) is 1.91. The molecule has 0 aliphatic carbocycles. The Hall–Kier alpha value is -2.37. The van der Waals surface area contributed by atoms with Gasteiger partial charge in [0.15, 0.2) is 0 Å². The first-order valence-electron chi connectivity index (χ1n) is 8.62. The lowest BCUT2D eigenvalue weighted by Gasteiger charge is -2.31. The Balaban J connectivity index is 1.33. The van der Waals surface area contributed by atoms with Gasteiger partial charge in [0.1, 0.15) is 12.4 Å². The van der Waals surface area contributed by atoms with Crippen LogP contribution in [0.1, 0.15) is 23.6 Å². The molecule has 0 unspecified atom stereocenters. The number of esters is 1. The Kier molecular flexibility index (Phi) is 4.68. The van der Waals surface area contributed by atoms with E-state index in [0.717, 1.165) is 16.9 Å². The van der Waals surface area contributed by atoms with Gasteiger partial charge in [-0.15, -0.1) is 0 Å². The molecule has 5 nitrogen and oxygen atoms in total. The number of para-hydroxylation sites is 1. The molecule has 1 fully saturated rings. The molecule has 0 aromatic heterocycles. The molecule has 0 N–H and O–H groups in total. The van der Waals surface area contributed by atoms with Crippen LogP contribution in [0.15, 0.2) is 54.6 Å². The average Bonchev–Trinajstić information content (AvgIpc) is 3.09. The molecule has 0 spiro atoms. The van der Waals surface area contributed by atoms with Crippen LogP contribution in [0.5, 0.6) is 5.75 Å². The molecule has 5 heteroatoms. The zero-order valence-electron chi connectivity index (χ0n) is 14.0. The second-order valence-electron chi connectivity index (χ2n) is 6.39. The molecular formula is C20H21NO4. The van der Waals surface area contributed by atoms with E-state index in [-0.39, 0.29) is 12.0 Å². The molecule has 2 atom stereocenters. The molecule has 0 amide bonds. The van der Waals surface area contributed by atoms with E-state index in [0.29, 0.717) is 38.7 Å². The first kappa shape index (κ1) is 16.1. The highest BCUT2D eigenvalue weighted by molar-refractivity contribution is 5.69. The van der Waals surface area contributed by atoms with Crippen LogP contribution in [0, 0.1) is 5.92 Å². The van der Waals surface area contributed by atoms with Gasteiger partial charge in [0.2, 0.25) is 0 Å². The van der Waals surface area contributed by atoms with Crippen LogP contribution in [0.2, 0.25) is 0 Å². The predicted octanol–water partition coefficient (Wildman–Crippen LogP) is 3.12. The van der Waals surface area contributed by atoms with Crippen molar-refractivity contribution in [1.29, 1.82) is 0 Å². The van der Waals surface area contributed by atoms with Crippen molar-refractivity contribution in [3.8, 4) is 5.75 Å². The van der Waals surface area contributed by atoms with Gasteiger partial charge >= 0.3 is 5.97 Å². The molecule has 25 heavy (non-hydrogen) atoms. The van der Waals surface area contributed by atoms with Crippen molar-refractivity contribution in [2.45, 2.75) is 19.1 Å². The van der Waals surface area contributed by atoms with Crippen LogP contribution in [-0.4, -0.2) is 30.8 Å².